The van der Waals surface area contributed by atoms with Gasteiger partial charge >= 0.3 is 5.97 Å². The number of anilines is 2. The SMILES string of the molecule is COc1ccc(NC(=O)COC(=O)c2ccc(N3C(=O)[C@H]4[C@H](C3=O)[C@H]3C=C(C)[C@H]4C3)cc2)cc1. The molecule has 2 fully saturated rings. The van der Waals surface area contributed by atoms with Crippen LogP contribution in [0.25, 0.3) is 0 Å². The van der Waals surface area contributed by atoms with Gasteiger partial charge in [-0.05, 0) is 73.7 Å². The van der Waals surface area contributed by atoms with Crippen LogP contribution in [0.2, 0.25) is 0 Å². The third-order valence-corrected chi connectivity index (χ3v) is 6.95. The van der Waals surface area contributed by atoms with Crippen LogP contribution in [0.4, 0.5) is 11.4 Å². The van der Waals surface area contributed by atoms with Crippen LogP contribution in [0.5, 0.6) is 5.75 Å². The molecule has 1 N–H and O–H groups in total. The molecule has 5 rings (SSSR count). The molecule has 2 aliphatic carbocycles. The Hall–Kier alpha value is -3.94. The minimum absolute atomic E-state index is 0.134. The van der Waals surface area contributed by atoms with E-state index in [9.17, 15) is 19.2 Å². The number of imide groups is 1. The van der Waals surface area contributed by atoms with Crippen LogP contribution in [0.1, 0.15) is 23.7 Å². The number of hydrogen-bond donors (Lipinski definition) is 1. The van der Waals surface area contributed by atoms with E-state index < -0.39 is 18.5 Å². The molecule has 1 saturated heterocycles. The van der Waals surface area contributed by atoms with Crippen LogP contribution in [0, 0.1) is 23.7 Å². The lowest BCUT2D eigenvalue weighted by atomic mass is 9.82. The maximum Gasteiger partial charge on any atom is 0.338 e. The van der Waals surface area contributed by atoms with Crippen LogP contribution < -0.4 is 15.0 Å². The van der Waals surface area contributed by atoms with Crippen molar-refractivity contribution in [2.24, 2.45) is 23.7 Å². The fourth-order valence-electron chi connectivity index (χ4n) is 5.36. The van der Waals surface area contributed by atoms with Crippen molar-refractivity contribution in [1.29, 1.82) is 0 Å². The number of ether oxygens (including phenoxy) is 2. The average Bonchev–Trinajstić information content (AvgIpc) is 3.48. The van der Waals surface area contributed by atoms with Crippen LogP contribution in [-0.4, -0.2) is 37.4 Å². The number of benzene rings is 2. The monoisotopic (exact) mass is 460 g/mol. The summed E-state index contributed by atoms with van der Waals surface area (Å²) in [6.45, 7) is 1.58. The Morgan fingerprint density at radius 3 is 2.35 bits per heavy atom. The summed E-state index contributed by atoms with van der Waals surface area (Å²) >= 11 is 0. The molecule has 3 aliphatic rings. The van der Waals surface area contributed by atoms with E-state index in [-0.39, 0.29) is 41.0 Å². The standard InChI is InChI=1S/C26H24N2O6/c1-14-11-16-12-20(14)23-22(16)24(30)28(25(23)31)18-7-3-15(4-8-18)26(32)34-13-21(29)27-17-5-9-19(33-2)10-6-17/h3-11,16,20,22-23H,12-13H2,1-2H3,(H,27,29)/t16-,20+,22+,23+/m0/s1. The van der Waals surface area contributed by atoms with Gasteiger partial charge in [0.1, 0.15) is 5.75 Å². The van der Waals surface area contributed by atoms with Crippen LogP contribution in [0.15, 0.2) is 60.2 Å². The number of nitrogens with one attached hydrogen (secondary N) is 1. The summed E-state index contributed by atoms with van der Waals surface area (Å²) in [5.41, 5.74) is 2.41. The third kappa shape index (κ3) is 3.65. The van der Waals surface area contributed by atoms with Gasteiger partial charge < -0.3 is 14.8 Å². The van der Waals surface area contributed by atoms with Crippen molar-refractivity contribution in [2.75, 3.05) is 23.9 Å². The van der Waals surface area contributed by atoms with Crippen molar-refractivity contribution in [3.8, 4) is 5.75 Å². The van der Waals surface area contributed by atoms with Crippen molar-refractivity contribution in [3.63, 3.8) is 0 Å². The minimum atomic E-state index is -0.676. The topological polar surface area (TPSA) is 102 Å². The number of allylic oxidation sites excluding steroid dienone is 2. The van der Waals surface area contributed by atoms with Crippen molar-refractivity contribution in [2.45, 2.75) is 13.3 Å². The molecule has 2 aromatic rings. The Morgan fingerprint density at radius 1 is 1.00 bits per heavy atom. The summed E-state index contributed by atoms with van der Waals surface area (Å²) in [6.07, 6.45) is 3.01. The van der Waals surface area contributed by atoms with Gasteiger partial charge in [-0.1, -0.05) is 11.6 Å². The fraction of sp³-hybridized carbons (Fsp3) is 0.308. The molecule has 0 unspecified atom stereocenters. The Kier molecular flexibility index (Phi) is 5.43. The third-order valence-electron chi connectivity index (χ3n) is 6.95. The molecular formula is C26H24N2O6. The highest BCUT2D eigenvalue weighted by molar-refractivity contribution is 6.23. The quantitative estimate of drug-likeness (QED) is 0.404. The average molecular weight is 460 g/mol. The molecule has 8 nitrogen and oxygen atoms in total. The number of carbonyl (C=O) groups excluding carboxylic acids is 4. The first-order valence-corrected chi connectivity index (χ1v) is 11.1. The van der Waals surface area contributed by atoms with Gasteiger partial charge in [-0.3, -0.25) is 19.3 Å². The van der Waals surface area contributed by atoms with E-state index in [0.717, 1.165) is 6.42 Å². The zero-order valence-corrected chi connectivity index (χ0v) is 18.8. The highest BCUT2D eigenvalue weighted by atomic mass is 16.5. The second-order valence-electron chi connectivity index (χ2n) is 8.88. The lowest BCUT2D eigenvalue weighted by molar-refractivity contribution is -0.123. The molecule has 1 aliphatic heterocycles. The summed E-state index contributed by atoms with van der Waals surface area (Å²) in [7, 11) is 1.55. The Balaban J connectivity index is 1.19. The smallest absolute Gasteiger partial charge is 0.338 e. The van der Waals surface area contributed by atoms with Crippen molar-refractivity contribution >= 4 is 35.1 Å². The second-order valence-corrected chi connectivity index (χ2v) is 8.88. The van der Waals surface area contributed by atoms with Crippen molar-refractivity contribution in [1.82, 2.24) is 0 Å². The molecule has 2 aromatic carbocycles. The number of rotatable bonds is 6. The number of amides is 3. The van der Waals surface area contributed by atoms with Gasteiger partial charge in [0, 0.05) is 5.69 Å². The lowest BCUT2D eigenvalue weighted by Crippen LogP contribution is -2.33. The normalized spacial score (nSPS) is 24.6. The number of hydrogen-bond acceptors (Lipinski definition) is 6. The number of fused-ring (bicyclic) bond motifs is 5. The van der Waals surface area contributed by atoms with E-state index in [1.807, 2.05) is 6.92 Å². The summed E-state index contributed by atoms with van der Waals surface area (Å²) in [6, 6.07) is 12.9. The molecule has 3 amide bonds. The molecule has 2 bridgehead atoms. The molecule has 8 heteroatoms. The molecule has 0 spiro atoms. The van der Waals surface area contributed by atoms with Gasteiger partial charge in [0.2, 0.25) is 11.8 Å². The first-order chi connectivity index (χ1) is 16.4. The Bertz CT molecular complexity index is 1200. The van der Waals surface area contributed by atoms with Crippen molar-refractivity contribution in [3.05, 3.63) is 65.7 Å². The van der Waals surface area contributed by atoms with E-state index in [1.54, 1.807) is 43.5 Å². The molecule has 1 saturated carbocycles. The Labute approximate surface area is 196 Å². The van der Waals surface area contributed by atoms with E-state index >= 15 is 0 Å². The predicted molar refractivity (Wildman–Crippen MR) is 123 cm³/mol. The van der Waals surface area contributed by atoms with Gasteiger partial charge in [-0.2, -0.15) is 0 Å². The van der Waals surface area contributed by atoms with Gasteiger partial charge in [0.05, 0.1) is 30.2 Å². The number of methoxy groups -OCH3 is 1. The number of carbonyl (C=O) groups is 4. The van der Waals surface area contributed by atoms with E-state index in [0.29, 0.717) is 17.1 Å². The van der Waals surface area contributed by atoms with Gasteiger partial charge in [-0.25, -0.2) is 4.79 Å². The first-order valence-electron chi connectivity index (χ1n) is 11.1. The molecule has 4 atom stereocenters. The minimum Gasteiger partial charge on any atom is -0.497 e. The predicted octanol–water partition coefficient (Wildman–Crippen LogP) is 3.19. The summed E-state index contributed by atoms with van der Waals surface area (Å²) in [5, 5.41) is 2.63. The fourth-order valence-corrected chi connectivity index (χ4v) is 5.36. The Morgan fingerprint density at radius 2 is 1.68 bits per heavy atom. The summed E-state index contributed by atoms with van der Waals surface area (Å²) in [4.78, 5) is 51.7. The van der Waals surface area contributed by atoms with E-state index in [2.05, 4.69) is 11.4 Å². The molecule has 34 heavy (non-hydrogen) atoms. The van der Waals surface area contributed by atoms with E-state index in [4.69, 9.17) is 9.47 Å². The lowest BCUT2D eigenvalue weighted by Gasteiger charge is -2.19. The largest absolute Gasteiger partial charge is 0.497 e. The molecule has 174 valence electrons. The zero-order chi connectivity index (χ0) is 24.0. The van der Waals surface area contributed by atoms with Gasteiger partial charge in [0.15, 0.2) is 6.61 Å². The summed E-state index contributed by atoms with van der Waals surface area (Å²) in [5.74, 6) is -1.11. The number of esters is 1. The molecular weight excluding hydrogens is 436 g/mol. The maximum atomic E-state index is 13.1. The molecule has 0 radical (unpaired) electrons. The summed E-state index contributed by atoms with van der Waals surface area (Å²) < 4.78 is 10.2. The first kappa shape index (κ1) is 21.9. The molecule has 1 heterocycles. The van der Waals surface area contributed by atoms with Gasteiger partial charge in [0.25, 0.3) is 5.91 Å². The van der Waals surface area contributed by atoms with E-state index in [1.165, 1.54) is 22.6 Å². The van der Waals surface area contributed by atoms with Crippen LogP contribution in [-0.2, 0) is 19.1 Å². The number of nitrogens with zero attached hydrogens (tertiary/aromatic N) is 1. The highest BCUT2D eigenvalue weighted by Crippen LogP contribution is 2.55. The second kappa shape index (κ2) is 8.44. The van der Waals surface area contributed by atoms with Crippen LogP contribution in [0.3, 0.4) is 0 Å². The zero-order valence-electron chi connectivity index (χ0n) is 18.8. The van der Waals surface area contributed by atoms with Crippen LogP contribution >= 0.6 is 0 Å². The highest BCUT2D eigenvalue weighted by Gasteiger charge is 2.60. The maximum absolute atomic E-state index is 13.1. The van der Waals surface area contributed by atoms with Crippen molar-refractivity contribution < 1.29 is 28.7 Å². The van der Waals surface area contributed by atoms with Gasteiger partial charge in [-0.15, -0.1) is 0 Å². The molecule has 0 aromatic heterocycles.